The molecule has 0 spiro atoms. The molecule has 2 aromatic carbocycles. The molecule has 5 rings (SSSR count). The third kappa shape index (κ3) is 4.58. The summed E-state index contributed by atoms with van der Waals surface area (Å²) in [6.07, 6.45) is 2.25. The van der Waals surface area contributed by atoms with Gasteiger partial charge in [-0.3, -0.25) is 29.1 Å². The molecular weight excluding hydrogens is 460 g/mol. The monoisotopic (exact) mass is 486 g/mol. The summed E-state index contributed by atoms with van der Waals surface area (Å²) in [7, 11) is 1.58. The van der Waals surface area contributed by atoms with Crippen molar-refractivity contribution in [2.45, 2.75) is 25.2 Å². The highest BCUT2D eigenvalue weighted by atomic mass is 16.7. The summed E-state index contributed by atoms with van der Waals surface area (Å²) < 4.78 is 5.34. The van der Waals surface area contributed by atoms with Gasteiger partial charge in [-0.25, -0.2) is 0 Å². The average molecular weight is 487 g/mol. The molecule has 3 aromatic rings. The molecule has 2 saturated heterocycles. The fourth-order valence-electron chi connectivity index (χ4n) is 4.76. The number of carbonyl (C=O) groups excluding carboxylic acids is 3. The summed E-state index contributed by atoms with van der Waals surface area (Å²) in [5.41, 5.74) is 2.44. The smallest absolute Gasteiger partial charge is 0.261 e. The van der Waals surface area contributed by atoms with E-state index in [2.05, 4.69) is 10.3 Å². The number of benzene rings is 2. The van der Waals surface area contributed by atoms with Gasteiger partial charge in [0.05, 0.1) is 25.6 Å². The van der Waals surface area contributed by atoms with E-state index < -0.39 is 24.0 Å². The van der Waals surface area contributed by atoms with Crippen molar-refractivity contribution in [3.63, 3.8) is 0 Å². The van der Waals surface area contributed by atoms with E-state index in [1.54, 1.807) is 31.6 Å². The SMILES string of the molecule is COc1ccccc1CNC(=O)CN1OC2C(=O)N(Cc3ccccc3)C(=O)C2C1c1ccncc1. The highest BCUT2D eigenvalue weighted by Crippen LogP contribution is 2.44. The first-order chi connectivity index (χ1) is 17.6. The number of fused-ring (bicyclic) bond motifs is 1. The largest absolute Gasteiger partial charge is 0.496 e. The number of hydrogen-bond donors (Lipinski definition) is 1. The molecule has 184 valence electrons. The summed E-state index contributed by atoms with van der Waals surface area (Å²) in [5, 5.41) is 4.31. The Hall–Kier alpha value is -4.08. The topological polar surface area (TPSA) is 101 Å². The highest BCUT2D eigenvalue weighted by molar-refractivity contribution is 6.07. The molecule has 0 radical (unpaired) electrons. The summed E-state index contributed by atoms with van der Waals surface area (Å²) in [6.45, 7) is 0.303. The van der Waals surface area contributed by atoms with Gasteiger partial charge in [-0.2, -0.15) is 5.06 Å². The molecule has 0 aliphatic carbocycles. The van der Waals surface area contributed by atoms with Crippen LogP contribution in [0.2, 0.25) is 0 Å². The number of aromatic nitrogens is 1. The Labute approximate surface area is 208 Å². The fraction of sp³-hybridized carbons (Fsp3) is 0.259. The van der Waals surface area contributed by atoms with Gasteiger partial charge >= 0.3 is 0 Å². The first kappa shape index (κ1) is 23.7. The number of carbonyl (C=O) groups is 3. The van der Waals surface area contributed by atoms with Crippen LogP contribution in [-0.2, 0) is 32.3 Å². The number of para-hydroxylation sites is 1. The number of hydrogen-bond acceptors (Lipinski definition) is 7. The lowest BCUT2D eigenvalue weighted by Gasteiger charge is -2.26. The molecule has 1 N–H and O–H groups in total. The molecule has 3 unspecified atom stereocenters. The van der Waals surface area contributed by atoms with E-state index in [1.165, 1.54) is 9.96 Å². The normalized spacial score (nSPS) is 21.5. The Kier molecular flexibility index (Phi) is 6.75. The number of imide groups is 1. The Morgan fingerprint density at radius 2 is 1.72 bits per heavy atom. The summed E-state index contributed by atoms with van der Waals surface area (Å²) >= 11 is 0. The van der Waals surface area contributed by atoms with Crippen LogP contribution in [0.4, 0.5) is 0 Å². The quantitative estimate of drug-likeness (QED) is 0.488. The minimum atomic E-state index is -0.985. The van der Waals surface area contributed by atoms with Gasteiger partial charge in [0, 0.05) is 24.5 Å². The van der Waals surface area contributed by atoms with Crippen molar-refractivity contribution in [3.8, 4) is 5.75 Å². The standard InChI is InChI=1S/C27H26N4O5/c1-35-21-10-6-5-9-20(21)15-29-22(32)17-31-24(19-11-13-28-14-12-19)23-25(36-31)27(34)30(26(23)33)16-18-7-3-2-4-8-18/h2-14,23-25H,15-17H2,1H3,(H,29,32). The number of nitrogens with one attached hydrogen (secondary N) is 1. The molecule has 2 fully saturated rings. The fourth-order valence-corrected chi connectivity index (χ4v) is 4.76. The van der Waals surface area contributed by atoms with Gasteiger partial charge in [0.2, 0.25) is 11.8 Å². The Morgan fingerprint density at radius 3 is 2.47 bits per heavy atom. The lowest BCUT2D eigenvalue weighted by molar-refractivity contribution is -0.182. The second-order valence-electron chi connectivity index (χ2n) is 8.69. The first-order valence-electron chi connectivity index (χ1n) is 11.7. The molecular formula is C27H26N4O5. The van der Waals surface area contributed by atoms with E-state index >= 15 is 0 Å². The van der Waals surface area contributed by atoms with E-state index in [-0.39, 0.29) is 31.4 Å². The van der Waals surface area contributed by atoms with Crippen LogP contribution in [-0.4, -0.2) is 52.4 Å². The Balaban J connectivity index is 1.33. The van der Waals surface area contributed by atoms with Gasteiger partial charge in [0.25, 0.3) is 5.91 Å². The van der Waals surface area contributed by atoms with E-state index in [1.807, 2.05) is 54.6 Å². The van der Waals surface area contributed by atoms with Crippen molar-refractivity contribution in [3.05, 3.63) is 95.8 Å². The predicted molar refractivity (Wildman–Crippen MR) is 129 cm³/mol. The molecule has 3 amide bonds. The molecule has 36 heavy (non-hydrogen) atoms. The van der Waals surface area contributed by atoms with Crippen LogP contribution in [0.5, 0.6) is 5.75 Å². The number of likely N-dealkylation sites (tertiary alicyclic amines) is 1. The average Bonchev–Trinajstić information content (AvgIpc) is 3.39. The number of amides is 3. The predicted octanol–water partition coefficient (Wildman–Crippen LogP) is 2.25. The van der Waals surface area contributed by atoms with Crippen molar-refractivity contribution in [2.75, 3.05) is 13.7 Å². The Morgan fingerprint density at radius 1 is 1.00 bits per heavy atom. The zero-order valence-corrected chi connectivity index (χ0v) is 19.7. The molecule has 3 heterocycles. The molecule has 2 aliphatic heterocycles. The van der Waals surface area contributed by atoms with Crippen LogP contribution in [0.15, 0.2) is 79.1 Å². The lowest BCUT2D eigenvalue weighted by Crippen LogP contribution is -2.41. The van der Waals surface area contributed by atoms with Crippen LogP contribution in [0.25, 0.3) is 0 Å². The van der Waals surface area contributed by atoms with Gasteiger partial charge in [-0.05, 0) is 29.3 Å². The van der Waals surface area contributed by atoms with Crippen molar-refractivity contribution in [2.24, 2.45) is 5.92 Å². The first-order valence-corrected chi connectivity index (χ1v) is 11.7. The number of nitrogens with zero attached hydrogens (tertiary/aromatic N) is 3. The maximum atomic E-state index is 13.5. The number of ether oxygens (including phenoxy) is 1. The van der Waals surface area contributed by atoms with Crippen molar-refractivity contribution in [1.29, 1.82) is 0 Å². The van der Waals surface area contributed by atoms with Crippen LogP contribution in [0.1, 0.15) is 22.7 Å². The Bertz CT molecular complexity index is 1250. The molecule has 3 atom stereocenters. The third-order valence-electron chi connectivity index (χ3n) is 6.49. The van der Waals surface area contributed by atoms with Gasteiger partial charge in [0.1, 0.15) is 12.3 Å². The third-order valence-corrected chi connectivity index (χ3v) is 6.49. The molecule has 1 aromatic heterocycles. The molecule has 9 nitrogen and oxygen atoms in total. The van der Waals surface area contributed by atoms with Crippen LogP contribution < -0.4 is 10.1 Å². The maximum Gasteiger partial charge on any atom is 0.261 e. The van der Waals surface area contributed by atoms with Crippen LogP contribution in [0, 0.1) is 5.92 Å². The summed E-state index contributed by atoms with van der Waals surface area (Å²) in [5.74, 6) is -1.10. The minimum Gasteiger partial charge on any atom is -0.496 e. The molecule has 9 heteroatoms. The van der Waals surface area contributed by atoms with E-state index in [9.17, 15) is 14.4 Å². The zero-order valence-electron chi connectivity index (χ0n) is 19.7. The number of rotatable bonds is 8. The number of pyridine rings is 1. The molecule has 2 aliphatic rings. The summed E-state index contributed by atoms with van der Waals surface area (Å²) in [6, 6.07) is 19.7. The van der Waals surface area contributed by atoms with Crippen LogP contribution >= 0.6 is 0 Å². The summed E-state index contributed by atoms with van der Waals surface area (Å²) in [4.78, 5) is 50.8. The van der Waals surface area contributed by atoms with Crippen molar-refractivity contribution in [1.82, 2.24) is 20.3 Å². The maximum absolute atomic E-state index is 13.5. The minimum absolute atomic E-state index is 0.144. The van der Waals surface area contributed by atoms with Gasteiger partial charge in [-0.1, -0.05) is 48.5 Å². The second kappa shape index (κ2) is 10.3. The van der Waals surface area contributed by atoms with Crippen molar-refractivity contribution < 1.29 is 24.0 Å². The second-order valence-corrected chi connectivity index (χ2v) is 8.69. The zero-order chi connectivity index (χ0) is 25.1. The van der Waals surface area contributed by atoms with Gasteiger partial charge in [-0.15, -0.1) is 0 Å². The highest BCUT2D eigenvalue weighted by Gasteiger charge is 2.59. The lowest BCUT2D eigenvalue weighted by atomic mass is 9.91. The van der Waals surface area contributed by atoms with Gasteiger partial charge in [0.15, 0.2) is 6.10 Å². The van der Waals surface area contributed by atoms with Crippen molar-refractivity contribution >= 4 is 17.7 Å². The van der Waals surface area contributed by atoms with E-state index in [4.69, 9.17) is 9.57 Å². The van der Waals surface area contributed by atoms with E-state index in [0.29, 0.717) is 5.75 Å². The molecule has 0 bridgehead atoms. The number of hydroxylamine groups is 2. The van der Waals surface area contributed by atoms with Crippen LogP contribution in [0.3, 0.4) is 0 Å². The van der Waals surface area contributed by atoms with Gasteiger partial charge < -0.3 is 10.1 Å². The molecule has 0 saturated carbocycles. The van der Waals surface area contributed by atoms with E-state index in [0.717, 1.165) is 16.7 Å². The number of methoxy groups -OCH3 is 1.